The molecule has 1 aromatic heterocycles. The summed E-state index contributed by atoms with van der Waals surface area (Å²) in [4.78, 5) is 16.0. The van der Waals surface area contributed by atoms with Crippen LogP contribution in [0.1, 0.15) is 34.3 Å². The van der Waals surface area contributed by atoms with Gasteiger partial charge in [-0.3, -0.25) is 4.79 Å². The minimum atomic E-state index is 0.118. The number of amides is 1. The van der Waals surface area contributed by atoms with E-state index in [1.165, 1.54) is 4.88 Å². The second kappa shape index (κ2) is 6.92. The van der Waals surface area contributed by atoms with Crippen LogP contribution in [0, 0.1) is 6.92 Å². The quantitative estimate of drug-likeness (QED) is 0.716. The van der Waals surface area contributed by atoms with Gasteiger partial charge in [-0.1, -0.05) is 13.3 Å². The van der Waals surface area contributed by atoms with Crippen LogP contribution in [0.2, 0.25) is 0 Å². The molecule has 90 valence electrons. The van der Waals surface area contributed by atoms with Crippen LogP contribution in [0.4, 0.5) is 0 Å². The van der Waals surface area contributed by atoms with E-state index in [-0.39, 0.29) is 5.91 Å². The van der Waals surface area contributed by atoms with Gasteiger partial charge < -0.3 is 4.90 Å². The fraction of sp³-hybridized carbons (Fsp3) is 0.583. The van der Waals surface area contributed by atoms with Crippen molar-refractivity contribution in [2.24, 2.45) is 0 Å². The summed E-state index contributed by atoms with van der Waals surface area (Å²) in [6.07, 6.45) is 2.13. The number of rotatable bonds is 6. The van der Waals surface area contributed by atoms with Gasteiger partial charge in [0.1, 0.15) is 0 Å². The molecule has 2 nitrogen and oxygen atoms in total. The minimum Gasteiger partial charge on any atom is -0.337 e. The van der Waals surface area contributed by atoms with Crippen molar-refractivity contribution in [2.75, 3.05) is 19.0 Å². The Morgan fingerprint density at radius 3 is 2.69 bits per heavy atom. The van der Waals surface area contributed by atoms with Crippen LogP contribution in [0.3, 0.4) is 0 Å². The molecule has 0 aliphatic carbocycles. The van der Waals surface area contributed by atoms with Gasteiger partial charge >= 0.3 is 0 Å². The topological polar surface area (TPSA) is 20.3 Å². The first-order chi connectivity index (χ1) is 7.69. The van der Waals surface area contributed by atoms with Gasteiger partial charge in [0.15, 0.2) is 0 Å². The van der Waals surface area contributed by atoms with Crippen LogP contribution in [-0.4, -0.2) is 29.8 Å². The highest BCUT2D eigenvalue weighted by atomic mass is 35.5. The van der Waals surface area contributed by atoms with E-state index in [0.717, 1.165) is 24.3 Å². The summed E-state index contributed by atoms with van der Waals surface area (Å²) < 4.78 is 0. The van der Waals surface area contributed by atoms with E-state index in [2.05, 4.69) is 6.92 Å². The van der Waals surface area contributed by atoms with Crippen molar-refractivity contribution in [3.05, 3.63) is 21.9 Å². The molecule has 1 rings (SSSR count). The third kappa shape index (κ3) is 3.80. The molecule has 0 radical (unpaired) electrons. The van der Waals surface area contributed by atoms with Crippen molar-refractivity contribution in [1.82, 2.24) is 4.90 Å². The van der Waals surface area contributed by atoms with E-state index in [9.17, 15) is 4.79 Å². The lowest BCUT2D eigenvalue weighted by atomic mass is 10.3. The fourth-order valence-corrected chi connectivity index (χ4v) is 2.51. The molecule has 0 aromatic carbocycles. The number of carbonyl (C=O) groups is 1. The molecule has 0 bridgehead atoms. The van der Waals surface area contributed by atoms with E-state index in [0.29, 0.717) is 12.4 Å². The van der Waals surface area contributed by atoms with Gasteiger partial charge in [-0.25, -0.2) is 0 Å². The molecule has 1 aromatic rings. The lowest BCUT2D eigenvalue weighted by Gasteiger charge is -2.20. The highest BCUT2D eigenvalue weighted by molar-refractivity contribution is 7.13. The lowest BCUT2D eigenvalue weighted by Crippen LogP contribution is -2.33. The molecule has 0 spiro atoms. The Morgan fingerprint density at radius 2 is 2.19 bits per heavy atom. The normalized spacial score (nSPS) is 10.4. The molecule has 0 N–H and O–H groups in total. The Hall–Kier alpha value is -0.540. The standard InChI is InChI=1S/C12H18ClNOS/c1-3-4-8-14(9-7-13)12(15)11-6-5-10(2)16-11/h5-6H,3-4,7-9H2,1-2H3. The number of nitrogens with zero attached hydrogens (tertiary/aromatic N) is 1. The third-order valence-electron chi connectivity index (χ3n) is 2.37. The van der Waals surface area contributed by atoms with Crippen LogP contribution in [0.5, 0.6) is 0 Å². The molecule has 0 unspecified atom stereocenters. The predicted octanol–water partition coefficient (Wildman–Crippen LogP) is 3.54. The number of aryl methyl sites for hydroxylation is 1. The van der Waals surface area contributed by atoms with Crippen LogP contribution in [0.25, 0.3) is 0 Å². The molecule has 0 aliphatic heterocycles. The smallest absolute Gasteiger partial charge is 0.263 e. The zero-order chi connectivity index (χ0) is 12.0. The number of alkyl halides is 1. The van der Waals surface area contributed by atoms with Gasteiger partial charge in [0.05, 0.1) is 4.88 Å². The number of hydrogen-bond acceptors (Lipinski definition) is 2. The summed E-state index contributed by atoms with van der Waals surface area (Å²) in [5.41, 5.74) is 0. The summed E-state index contributed by atoms with van der Waals surface area (Å²) in [6, 6.07) is 3.88. The summed E-state index contributed by atoms with van der Waals surface area (Å²) in [5, 5.41) is 0. The maximum atomic E-state index is 12.1. The highest BCUT2D eigenvalue weighted by Gasteiger charge is 2.15. The largest absolute Gasteiger partial charge is 0.337 e. The summed E-state index contributed by atoms with van der Waals surface area (Å²) in [6.45, 7) is 5.58. The molecule has 0 atom stereocenters. The van der Waals surface area contributed by atoms with Crippen molar-refractivity contribution in [3.63, 3.8) is 0 Å². The van der Waals surface area contributed by atoms with E-state index in [4.69, 9.17) is 11.6 Å². The van der Waals surface area contributed by atoms with Crippen LogP contribution in [0.15, 0.2) is 12.1 Å². The lowest BCUT2D eigenvalue weighted by molar-refractivity contribution is 0.0768. The number of thiophene rings is 1. The van der Waals surface area contributed by atoms with Gasteiger partial charge in [0.25, 0.3) is 5.91 Å². The summed E-state index contributed by atoms with van der Waals surface area (Å²) in [7, 11) is 0. The van der Waals surface area contributed by atoms with E-state index >= 15 is 0 Å². The summed E-state index contributed by atoms with van der Waals surface area (Å²) >= 11 is 7.27. The van der Waals surface area contributed by atoms with Crippen LogP contribution < -0.4 is 0 Å². The third-order valence-corrected chi connectivity index (χ3v) is 3.53. The van der Waals surface area contributed by atoms with Crippen molar-refractivity contribution in [2.45, 2.75) is 26.7 Å². The maximum Gasteiger partial charge on any atom is 0.263 e. The molecule has 16 heavy (non-hydrogen) atoms. The van der Waals surface area contributed by atoms with Crippen molar-refractivity contribution >= 4 is 28.8 Å². The Balaban J connectivity index is 2.66. The molecule has 0 saturated carbocycles. The van der Waals surface area contributed by atoms with Gasteiger partial charge in [-0.05, 0) is 25.5 Å². The van der Waals surface area contributed by atoms with Gasteiger partial charge in [-0.2, -0.15) is 0 Å². The Bertz CT molecular complexity index is 338. The van der Waals surface area contributed by atoms with Crippen LogP contribution >= 0.6 is 22.9 Å². The number of halogens is 1. The van der Waals surface area contributed by atoms with Crippen LogP contribution in [-0.2, 0) is 0 Å². The second-order valence-corrected chi connectivity index (χ2v) is 5.41. The molecule has 0 aliphatic rings. The molecule has 4 heteroatoms. The zero-order valence-electron chi connectivity index (χ0n) is 9.83. The molecule has 1 heterocycles. The SMILES string of the molecule is CCCCN(CCCl)C(=O)c1ccc(C)s1. The van der Waals surface area contributed by atoms with Gasteiger partial charge in [0.2, 0.25) is 0 Å². The predicted molar refractivity (Wildman–Crippen MR) is 70.6 cm³/mol. The Morgan fingerprint density at radius 1 is 1.44 bits per heavy atom. The first-order valence-corrected chi connectivity index (χ1v) is 6.95. The molecular weight excluding hydrogens is 242 g/mol. The van der Waals surface area contributed by atoms with Gasteiger partial charge in [0, 0.05) is 23.8 Å². The zero-order valence-corrected chi connectivity index (χ0v) is 11.4. The highest BCUT2D eigenvalue weighted by Crippen LogP contribution is 2.17. The molecule has 1 amide bonds. The second-order valence-electron chi connectivity index (χ2n) is 3.75. The van der Waals surface area contributed by atoms with Crippen molar-refractivity contribution in [1.29, 1.82) is 0 Å². The van der Waals surface area contributed by atoms with Crippen molar-refractivity contribution < 1.29 is 4.79 Å². The van der Waals surface area contributed by atoms with E-state index in [1.807, 2.05) is 24.0 Å². The molecule has 0 saturated heterocycles. The number of unbranched alkanes of at least 4 members (excludes halogenated alkanes) is 1. The van der Waals surface area contributed by atoms with E-state index < -0.39 is 0 Å². The average Bonchev–Trinajstić information content (AvgIpc) is 2.70. The molecular formula is C12H18ClNOS. The Kier molecular flexibility index (Phi) is 5.85. The van der Waals surface area contributed by atoms with Crippen molar-refractivity contribution in [3.8, 4) is 0 Å². The first-order valence-electron chi connectivity index (χ1n) is 5.60. The minimum absolute atomic E-state index is 0.118. The van der Waals surface area contributed by atoms with Gasteiger partial charge in [-0.15, -0.1) is 22.9 Å². The number of carbonyl (C=O) groups excluding carboxylic acids is 1. The summed E-state index contributed by atoms with van der Waals surface area (Å²) in [5.74, 6) is 0.618. The molecule has 0 fully saturated rings. The fourth-order valence-electron chi connectivity index (χ4n) is 1.47. The average molecular weight is 260 g/mol. The first kappa shape index (κ1) is 13.5. The maximum absolute atomic E-state index is 12.1. The number of hydrogen-bond donors (Lipinski definition) is 0. The van der Waals surface area contributed by atoms with E-state index in [1.54, 1.807) is 11.3 Å². The monoisotopic (exact) mass is 259 g/mol. The Labute approximate surface area is 106 Å².